The monoisotopic (exact) mass is 361 g/mol. The molecule has 1 fully saturated rings. The van der Waals surface area contributed by atoms with E-state index >= 15 is 0 Å². The summed E-state index contributed by atoms with van der Waals surface area (Å²) in [6, 6.07) is 8.07. The number of carbonyl (C=O) groups is 2. The number of ether oxygens (including phenoxy) is 2. The van der Waals surface area contributed by atoms with Crippen LogP contribution in [0.25, 0.3) is 0 Å². The lowest BCUT2D eigenvalue weighted by Crippen LogP contribution is -2.53. The van der Waals surface area contributed by atoms with E-state index in [1.54, 1.807) is 0 Å². The fourth-order valence-corrected chi connectivity index (χ4v) is 3.36. The van der Waals surface area contributed by atoms with E-state index in [0.717, 1.165) is 18.6 Å². The molecule has 0 unspecified atom stereocenters. The lowest BCUT2D eigenvalue weighted by atomic mass is 9.87. The summed E-state index contributed by atoms with van der Waals surface area (Å²) in [7, 11) is 1.37. The first-order valence-electron chi connectivity index (χ1n) is 9.40. The predicted octanol–water partition coefficient (Wildman–Crippen LogP) is 3.75. The smallest absolute Gasteiger partial charge is 0.331 e. The van der Waals surface area contributed by atoms with E-state index in [1.807, 2.05) is 12.1 Å². The predicted molar refractivity (Wildman–Crippen MR) is 101 cm³/mol. The average Bonchev–Trinajstić information content (AvgIpc) is 3.07. The van der Waals surface area contributed by atoms with E-state index in [2.05, 4.69) is 38.2 Å². The maximum atomic E-state index is 12.2. The van der Waals surface area contributed by atoms with Gasteiger partial charge in [-0.3, -0.25) is 4.79 Å². The molecule has 1 aromatic rings. The minimum absolute atomic E-state index is 0.118. The Bertz CT molecular complexity index is 610. The lowest BCUT2D eigenvalue weighted by molar-refractivity contribution is -0.150. The van der Waals surface area contributed by atoms with Gasteiger partial charge in [0.15, 0.2) is 0 Å². The van der Waals surface area contributed by atoms with Gasteiger partial charge in [-0.25, -0.2) is 4.79 Å². The number of hydrogen-bond donors (Lipinski definition) is 1. The minimum Gasteiger partial charge on any atom is -0.494 e. The summed E-state index contributed by atoms with van der Waals surface area (Å²) in [5.74, 6) is 0.350. The highest BCUT2D eigenvalue weighted by atomic mass is 16.5. The van der Waals surface area contributed by atoms with Gasteiger partial charge in [0.05, 0.1) is 13.7 Å². The maximum absolute atomic E-state index is 12.2. The Morgan fingerprint density at radius 1 is 1.12 bits per heavy atom. The first kappa shape index (κ1) is 20.3. The summed E-state index contributed by atoms with van der Waals surface area (Å²) < 4.78 is 10.6. The van der Waals surface area contributed by atoms with E-state index in [9.17, 15) is 9.59 Å². The Kier molecular flexibility index (Phi) is 6.68. The highest BCUT2D eigenvalue weighted by Crippen LogP contribution is 2.31. The SMILES string of the molecule is COC(=O)C1(NC(=O)CCCOc2ccc(C(C)(C)C)cc2)CCCC1. The number of amides is 1. The van der Waals surface area contributed by atoms with Gasteiger partial charge < -0.3 is 14.8 Å². The van der Waals surface area contributed by atoms with Gasteiger partial charge in [-0.05, 0) is 42.4 Å². The van der Waals surface area contributed by atoms with Crippen molar-refractivity contribution in [3.8, 4) is 5.75 Å². The average molecular weight is 361 g/mol. The summed E-state index contributed by atoms with van der Waals surface area (Å²) in [4.78, 5) is 24.2. The molecule has 0 bridgehead atoms. The van der Waals surface area contributed by atoms with Gasteiger partial charge in [0.25, 0.3) is 0 Å². The van der Waals surface area contributed by atoms with Crippen LogP contribution in [-0.2, 0) is 19.7 Å². The van der Waals surface area contributed by atoms with Crippen LogP contribution >= 0.6 is 0 Å². The molecule has 5 heteroatoms. The third-order valence-electron chi connectivity index (χ3n) is 4.95. The van der Waals surface area contributed by atoms with Gasteiger partial charge >= 0.3 is 5.97 Å². The van der Waals surface area contributed by atoms with Crippen molar-refractivity contribution in [2.45, 2.75) is 70.3 Å². The zero-order valence-corrected chi connectivity index (χ0v) is 16.4. The molecular formula is C21H31NO4. The van der Waals surface area contributed by atoms with Crippen LogP contribution in [-0.4, -0.2) is 31.1 Å². The molecule has 5 nitrogen and oxygen atoms in total. The normalized spacial score (nSPS) is 16.2. The Balaban J connectivity index is 1.75. The van der Waals surface area contributed by atoms with Crippen molar-refractivity contribution in [1.29, 1.82) is 0 Å². The van der Waals surface area contributed by atoms with Crippen LogP contribution < -0.4 is 10.1 Å². The molecule has 0 aliphatic heterocycles. The topological polar surface area (TPSA) is 64.6 Å². The second kappa shape index (κ2) is 8.56. The molecule has 0 saturated heterocycles. The largest absolute Gasteiger partial charge is 0.494 e. The van der Waals surface area contributed by atoms with Crippen molar-refractivity contribution >= 4 is 11.9 Å². The zero-order valence-electron chi connectivity index (χ0n) is 16.4. The summed E-state index contributed by atoms with van der Waals surface area (Å²) in [5.41, 5.74) is 0.552. The number of hydrogen-bond acceptors (Lipinski definition) is 4. The van der Waals surface area contributed by atoms with Gasteiger partial charge in [-0.1, -0.05) is 45.7 Å². The van der Waals surface area contributed by atoms with Crippen molar-refractivity contribution < 1.29 is 19.1 Å². The molecule has 0 spiro atoms. The van der Waals surface area contributed by atoms with Crippen LogP contribution in [0.3, 0.4) is 0 Å². The van der Waals surface area contributed by atoms with Crippen molar-refractivity contribution in [3.05, 3.63) is 29.8 Å². The number of methoxy groups -OCH3 is 1. The number of esters is 1. The molecule has 1 N–H and O–H groups in total. The molecule has 144 valence electrons. The molecule has 1 amide bonds. The van der Waals surface area contributed by atoms with Gasteiger partial charge in [-0.15, -0.1) is 0 Å². The van der Waals surface area contributed by atoms with Crippen LogP contribution in [0.4, 0.5) is 0 Å². The van der Waals surface area contributed by atoms with Gasteiger partial charge in [0.1, 0.15) is 11.3 Å². The van der Waals surface area contributed by atoms with Crippen molar-refractivity contribution in [2.24, 2.45) is 0 Å². The second-order valence-electron chi connectivity index (χ2n) is 8.06. The fourth-order valence-electron chi connectivity index (χ4n) is 3.36. The number of benzene rings is 1. The summed E-state index contributed by atoms with van der Waals surface area (Å²) in [5, 5.41) is 2.90. The minimum atomic E-state index is -0.824. The third-order valence-corrected chi connectivity index (χ3v) is 4.95. The van der Waals surface area contributed by atoms with Crippen molar-refractivity contribution in [3.63, 3.8) is 0 Å². The van der Waals surface area contributed by atoms with E-state index in [-0.39, 0.29) is 17.3 Å². The molecule has 1 aliphatic carbocycles. The number of carbonyl (C=O) groups excluding carboxylic acids is 2. The Labute approximate surface area is 156 Å². The summed E-state index contributed by atoms with van der Waals surface area (Å²) >= 11 is 0. The van der Waals surface area contributed by atoms with Crippen LogP contribution in [0.2, 0.25) is 0 Å². The molecule has 0 atom stereocenters. The Morgan fingerprint density at radius 2 is 1.73 bits per heavy atom. The van der Waals surface area contributed by atoms with E-state index in [4.69, 9.17) is 9.47 Å². The van der Waals surface area contributed by atoms with Crippen LogP contribution in [0.15, 0.2) is 24.3 Å². The van der Waals surface area contributed by atoms with Gasteiger partial charge in [0, 0.05) is 6.42 Å². The summed E-state index contributed by atoms with van der Waals surface area (Å²) in [6.45, 7) is 6.99. The Morgan fingerprint density at radius 3 is 2.27 bits per heavy atom. The molecule has 0 radical (unpaired) electrons. The van der Waals surface area contributed by atoms with Crippen molar-refractivity contribution in [2.75, 3.05) is 13.7 Å². The zero-order chi connectivity index (χ0) is 19.2. The molecule has 1 aliphatic rings. The fraction of sp³-hybridized carbons (Fsp3) is 0.619. The molecule has 1 aromatic carbocycles. The van der Waals surface area contributed by atoms with Crippen LogP contribution in [0.5, 0.6) is 5.75 Å². The molecule has 0 heterocycles. The number of nitrogens with one attached hydrogen (secondary N) is 1. The quantitative estimate of drug-likeness (QED) is 0.593. The molecule has 2 rings (SSSR count). The lowest BCUT2D eigenvalue weighted by Gasteiger charge is -2.27. The first-order chi connectivity index (χ1) is 12.3. The molecule has 0 aromatic heterocycles. The highest BCUT2D eigenvalue weighted by molar-refractivity contribution is 5.88. The summed E-state index contributed by atoms with van der Waals surface area (Å²) in [6.07, 6.45) is 4.11. The maximum Gasteiger partial charge on any atom is 0.331 e. The van der Waals surface area contributed by atoms with E-state index in [1.165, 1.54) is 12.7 Å². The second-order valence-corrected chi connectivity index (χ2v) is 8.06. The van der Waals surface area contributed by atoms with Gasteiger partial charge in [-0.2, -0.15) is 0 Å². The van der Waals surface area contributed by atoms with E-state index in [0.29, 0.717) is 32.3 Å². The van der Waals surface area contributed by atoms with Crippen LogP contribution in [0, 0.1) is 0 Å². The Hall–Kier alpha value is -2.04. The highest BCUT2D eigenvalue weighted by Gasteiger charge is 2.43. The van der Waals surface area contributed by atoms with Crippen molar-refractivity contribution in [1.82, 2.24) is 5.32 Å². The molecular weight excluding hydrogens is 330 g/mol. The molecule has 26 heavy (non-hydrogen) atoms. The first-order valence-corrected chi connectivity index (χ1v) is 9.40. The molecule has 1 saturated carbocycles. The van der Waals surface area contributed by atoms with Crippen LogP contribution in [0.1, 0.15) is 64.9 Å². The third kappa shape index (κ3) is 5.23. The van der Waals surface area contributed by atoms with Gasteiger partial charge in [0.2, 0.25) is 5.91 Å². The number of rotatable bonds is 7. The standard InChI is InChI=1S/C21H31NO4/c1-20(2,3)16-9-11-17(12-10-16)26-15-7-8-18(23)22-21(19(24)25-4)13-5-6-14-21/h9-12H,5-8,13-15H2,1-4H3,(H,22,23). The van der Waals surface area contributed by atoms with E-state index < -0.39 is 5.54 Å².